The highest BCUT2D eigenvalue weighted by atomic mass is 19.4. The van der Waals surface area contributed by atoms with E-state index in [2.05, 4.69) is 0 Å². The van der Waals surface area contributed by atoms with Crippen LogP contribution in [-0.2, 0) is 12.4 Å². The molecule has 0 saturated carbocycles. The molecule has 0 fully saturated rings. The van der Waals surface area contributed by atoms with Crippen LogP contribution in [0.2, 0.25) is 0 Å². The quantitative estimate of drug-likeness (QED) is 0.660. The number of nitrogens with zero attached hydrogens (tertiary/aromatic N) is 1. The average Bonchev–Trinajstić information content (AvgIpc) is 2.44. The summed E-state index contributed by atoms with van der Waals surface area (Å²) in [5.74, 6) is 0. The Labute approximate surface area is 129 Å². The van der Waals surface area contributed by atoms with Crippen molar-refractivity contribution >= 4 is 5.69 Å². The highest BCUT2D eigenvalue weighted by Gasteiger charge is 2.35. The minimum absolute atomic E-state index is 0.0662. The predicted molar refractivity (Wildman–Crippen MR) is 76.2 cm³/mol. The van der Waals surface area contributed by atoms with E-state index in [4.69, 9.17) is 0 Å². The van der Waals surface area contributed by atoms with Gasteiger partial charge in [-0.25, -0.2) is 0 Å². The summed E-state index contributed by atoms with van der Waals surface area (Å²) in [4.78, 5) is 1.36. The second kappa shape index (κ2) is 5.79. The maximum absolute atomic E-state index is 13.1. The molecular weight excluding hydrogens is 320 g/mol. The molecule has 0 heterocycles. The van der Waals surface area contributed by atoms with Crippen molar-refractivity contribution in [3.63, 3.8) is 0 Å². The van der Waals surface area contributed by atoms with E-state index in [9.17, 15) is 26.3 Å². The van der Waals surface area contributed by atoms with Gasteiger partial charge < -0.3 is 4.90 Å². The van der Waals surface area contributed by atoms with Crippen LogP contribution < -0.4 is 4.90 Å². The molecule has 124 valence electrons. The summed E-state index contributed by atoms with van der Waals surface area (Å²) < 4.78 is 77.9. The molecule has 0 aliphatic carbocycles. The monoisotopic (exact) mass is 333 g/mol. The predicted octanol–water partition coefficient (Wildman–Crippen LogP) is 5.46. The molecule has 2 aromatic rings. The lowest BCUT2D eigenvalue weighted by Crippen LogP contribution is -2.14. The highest BCUT2D eigenvalue weighted by molar-refractivity contribution is 5.81. The molecule has 0 aromatic heterocycles. The van der Waals surface area contributed by atoms with Gasteiger partial charge in [-0.2, -0.15) is 26.3 Å². The van der Waals surface area contributed by atoms with Crippen molar-refractivity contribution in [1.82, 2.24) is 0 Å². The van der Waals surface area contributed by atoms with Crippen LogP contribution in [0.5, 0.6) is 0 Å². The third-order valence-corrected chi connectivity index (χ3v) is 3.33. The lowest BCUT2D eigenvalue weighted by atomic mass is 9.96. The normalized spacial score (nSPS) is 12.3. The van der Waals surface area contributed by atoms with Crippen molar-refractivity contribution in [1.29, 1.82) is 0 Å². The first-order valence-electron chi connectivity index (χ1n) is 6.57. The summed E-state index contributed by atoms with van der Waals surface area (Å²) in [7, 11) is 2.96. The summed E-state index contributed by atoms with van der Waals surface area (Å²) >= 11 is 0. The first kappa shape index (κ1) is 17.2. The number of halogens is 6. The fourth-order valence-electron chi connectivity index (χ4n) is 2.27. The molecule has 0 amide bonds. The SMILES string of the molecule is CN(C)c1cc(C(F)(F)F)ccc1-c1ccccc1C(F)(F)F. The van der Waals surface area contributed by atoms with Crippen LogP contribution in [0.3, 0.4) is 0 Å². The van der Waals surface area contributed by atoms with Gasteiger partial charge in [-0.3, -0.25) is 0 Å². The fourth-order valence-corrected chi connectivity index (χ4v) is 2.27. The Hall–Kier alpha value is -2.18. The van der Waals surface area contributed by atoms with E-state index in [1.54, 1.807) is 0 Å². The second-order valence-corrected chi connectivity index (χ2v) is 5.17. The van der Waals surface area contributed by atoms with Gasteiger partial charge in [-0.1, -0.05) is 24.3 Å². The molecule has 0 aliphatic heterocycles. The molecule has 2 rings (SSSR count). The molecule has 0 N–H and O–H groups in total. The Bertz CT molecular complexity index is 700. The van der Waals surface area contributed by atoms with Gasteiger partial charge in [0.1, 0.15) is 0 Å². The molecule has 0 radical (unpaired) electrons. The Morgan fingerprint density at radius 3 is 1.87 bits per heavy atom. The number of benzene rings is 2. The van der Waals surface area contributed by atoms with Gasteiger partial charge in [-0.05, 0) is 23.8 Å². The van der Waals surface area contributed by atoms with Gasteiger partial charge in [0, 0.05) is 25.3 Å². The standard InChI is InChI=1S/C16H13F6N/c1-23(2)14-9-10(15(17,18)19)7-8-12(14)11-5-3-4-6-13(11)16(20,21)22/h3-9H,1-2H3. The summed E-state index contributed by atoms with van der Waals surface area (Å²) in [6.07, 6.45) is -9.16. The summed E-state index contributed by atoms with van der Waals surface area (Å²) in [6, 6.07) is 7.53. The second-order valence-electron chi connectivity index (χ2n) is 5.17. The largest absolute Gasteiger partial charge is 0.417 e. The Morgan fingerprint density at radius 1 is 0.739 bits per heavy atom. The zero-order valence-corrected chi connectivity index (χ0v) is 12.3. The van der Waals surface area contributed by atoms with Gasteiger partial charge in [0.25, 0.3) is 0 Å². The van der Waals surface area contributed by atoms with Crippen LogP contribution >= 0.6 is 0 Å². The van der Waals surface area contributed by atoms with Crippen molar-refractivity contribution in [2.45, 2.75) is 12.4 Å². The van der Waals surface area contributed by atoms with Crippen LogP contribution in [0, 0.1) is 0 Å². The number of hydrogen-bond acceptors (Lipinski definition) is 1. The zero-order valence-electron chi connectivity index (χ0n) is 12.3. The molecule has 0 spiro atoms. The van der Waals surface area contributed by atoms with E-state index in [0.717, 1.165) is 24.3 Å². The summed E-state index contributed by atoms with van der Waals surface area (Å²) in [6.45, 7) is 0. The average molecular weight is 333 g/mol. The van der Waals surface area contributed by atoms with Crippen molar-refractivity contribution in [2.24, 2.45) is 0 Å². The van der Waals surface area contributed by atoms with Crippen molar-refractivity contribution < 1.29 is 26.3 Å². The third-order valence-electron chi connectivity index (χ3n) is 3.33. The first-order valence-corrected chi connectivity index (χ1v) is 6.57. The van der Waals surface area contributed by atoms with Gasteiger partial charge in [0.05, 0.1) is 11.1 Å². The first-order chi connectivity index (χ1) is 10.5. The summed E-state index contributed by atoms with van der Waals surface area (Å²) in [5, 5.41) is 0. The fraction of sp³-hybridized carbons (Fsp3) is 0.250. The van der Waals surface area contributed by atoms with Gasteiger partial charge in [0.15, 0.2) is 0 Å². The molecule has 7 heteroatoms. The molecule has 0 bridgehead atoms. The lowest BCUT2D eigenvalue weighted by Gasteiger charge is -2.22. The van der Waals surface area contributed by atoms with Gasteiger partial charge >= 0.3 is 12.4 Å². The topological polar surface area (TPSA) is 3.24 Å². The van der Waals surface area contributed by atoms with E-state index in [0.29, 0.717) is 0 Å². The van der Waals surface area contributed by atoms with Crippen LogP contribution in [-0.4, -0.2) is 14.1 Å². The number of anilines is 1. The van der Waals surface area contributed by atoms with Gasteiger partial charge in [-0.15, -0.1) is 0 Å². The van der Waals surface area contributed by atoms with Crippen molar-refractivity contribution in [2.75, 3.05) is 19.0 Å². The zero-order chi connectivity index (χ0) is 17.4. The smallest absolute Gasteiger partial charge is 0.377 e. The molecule has 2 aromatic carbocycles. The molecule has 0 unspecified atom stereocenters. The van der Waals surface area contributed by atoms with E-state index in [-0.39, 0.29) is 16.8 Å². The number of hydrogen-bond donors (Lipinski definition) is 0. The van der Waals surface area contributed by atoms with Crippen molar-refractivity contribution in [3.05, 3.63) is 53.6 Å². The minimum atomic E-state index is -4.59. The maximum atomic E-state index is 13.1. The van der Waals surface area contributed by atoms with Crippen LogP contribution in [0.4, 0.5) is 32.0 Å². The molecule has 23 heavy (non-hydrogen) atoms. The van der Waals surface area contributed by atoms with E-state index in [1.807, 2.05) is 0 Å². The highest BCUT2D eigenvalue weighted by Crippen LogP contribution is 2.42. The van der Waals surface area contributed by atoms with Gasteiger partial charge in [0.2, 0.25) is 0 Å². The number of alkyl halides is 6. The van der Waals surface area contributed by atoms with Crippen LogP contribution in [0.25, 0.3) is 11.1 Å². The minimum Gasteiger partial charge on any atom is -0.377 e. The van der Waals surface area contributed by atoms with E-state index < -0.39 is 23.5 Å². The Kier molecular flexibility index (Phi) is 4.32. The lowest BCUT2D eigenvalue weighted by molar-refractivity contribution is -0.138. The van der Waals surface area contributed by atoms with Crippen LogP contribution in [0.15, 0.2) is 42.5 Å². The third kappa shape index (κ3) is 3.60. The maximum Gasteiger partial charge on any atom is 0.417 e. The Balaban J connectivity index is 2.70. The molecular formula is C16H13F6N. The molecule has 0 saturated heterocycles. The molecule has 1 nitrogen and oxygen atoms in total. The number of rotatable bonds is 2. The van der Waals surface area contributed by atoms with E-state index >= 15 is 0 Å². The molecule has 0 aliphatic rings. The van der Waals surface area contributed by atoms with E-state index in [1.165, 1.54) is 37.2 Å². The van der Waals surface area contributed by atoms with Crippen molar-refractivity contribution in [3.8, 4) is 11.1 Å². The molecule has 0 atom stereocenters. The Morgan fingerprint density at radius 2 is 1.35 bits per heavy atom. The summed E-state index contributed by atoms with van der Waals surface area (Å²) in [5.41, 5.74) is -1.79. The van der Waals surface area contributed by atoms with Crippen LogP contribution in [0.1, 0.15) is 11.1 Å².